The van der Waals surface area contributed by atoms with Crippen molar-refractivity contribution in [3.63, 3.8) is 0 Å². The molecular weight excluding hydrogens is 500 g/mol. The molecule has 11 heteroatoms. The molecule has 0 unspecified atom stereocenters. The Morgan fingerprint density at radius 3 is 2.00 bits per heavy atom. The van der Waals surface area contributed by atoms with E-state index in [1.54, 1.807) is 43.3 Å². The van der Waals surface area contributed by atoms with Crippen molar-refractivity contribution in [3.05, 3.63) is 83.7 Å². The second-order valence-electron chi connectivity index (χ2n) is 8.66. The van der Waals surface area contributed by atoms with E-state index in [0.717, 1.165) is 5.56 Å². The first kappa shape index (κ1) is 25.4. The van der Waals surface area contributed by atoms with Gasteiger partial charge in [0, 0.05) is 11.5 Å². The first-order chi connectivity index (χ1) is 17.0. The molecule has 1 aromatic heterocycles. The third kappa shape index (κ3) is 5.42. The van der Waals surface area contributed by atoms with Crippen LogP contribution in [-0.2, 0) is 20.0 Å². The molecule has 0 bridgehead atoms. The van der Waals surface area contributed by atoms with Crippen LogP contribution in [0.15, 0.2) is 81.0 Å². The van der Waals surface area contributed by atoms with Crippen LogP contribution in [-0.4, -0.2) is 27.0 Å². The molecule has 0 radical (unpaired) electrons. The fourth-order valence-electron chi connectivity index (χ4n) is 3.40. The number of hydrogen-bond donors (Lipinski definition) is 2. The monoisotopic (exact) mass is 526 g/mol. The van der Waals surface area contributed by atoms with Crippen LogP contribution in [0, 0.1) is 13.8 Å². The Morgan fingerprint density at radius 2 is 1.42 bits per heavy atom. The van der Waals surface area contributed by atoms with Crippen molar-refractivity contribution in [1.82, 2.24) is 10.1 Å². The zero-order chi connectivity index (χ0) is 26.1. The summed E-state index contributed by atoms with van der Waals surface area (Å²) in [5, 5.41) is 3.96. The minimum absolute atomic E-state index is 0.00657. The highest BCUT2D eigenvalue weighted by Gasteiger charge is 2.22. The van der Waals surface area contributed by atoms with E-state index in [1.807, 2.05) is 20.8 Å². The first-order valence-electron chi connectivity index (χ1n) is 11.1. The van der Waals surface area contributed by atoms with Crippen LogP contribution in [0.25, 0.3) is 11.4 Å². The van der Waals surface area contributed by atoms with Crippen molar-refractivity contribution >= 4 is 31.4 Å². The molecule has 4 rings (SSSR count). The molecule has 0 aliphatic carbocycles. The average Bonchev–Trinajstić information content (AvgIpc) is 3.31. The van der Waals surface area contributed by atoms with Crippen molar-refractivity contribution in [2.45, 2.75) is 43.4 Å². The zero-order valence-electron chi connectivity index (χ0n) is 20.2. The minimum Gasteiger partial charge on any atom is -0.339 e. The largest absolute Gasteiger partial charge is 0.339 e. The number of benzene rings is 3. The Kier molecular flexibility index (Phi) is 6.87. The summed E-state index contributed by atoms with van der Waals surface area (Å²) in [6, 6.07) is 17.4. The summed E-state index contributed by atoms with van der Waals surface area (Å²) in [5.74, 6) is 0.756. The highest BCUT2D eigenvalue weighted by atomic mass is 32.2. The van der Waals surface area contributed by atoms with E-state index in [2.05, 4.69) is 19.6 Å². The summed E-state index contributed by atoms with van der Waals surface area (Å²) >= 11 is 0. The van der Waals surface area contributed by atoms with Crippen LogP contribution in [0.2, 0.25) is 0 Å². The fourth-order valence-corrected chi connectivity index (χ4v) is 5.83. The van der Waals surface area contributed by atoms with Gasteiger partial charge in [0.15, 0.2) is 0 Å². The molecule has 0 saturated heterocycles. The van der Waals surface area contributed by atoms with Gasteiger partial charge in [-0.15, -0.1) is 0 Å². The van der Waals surface area contributed by atoms with Crippen LogP contribution in [0.4, 0.5) is 11.4 Å². The van der Waals surface area contributed by atoms with E-state index in [1.165, 1.54) is 30.3 Å². The second kappa shape index (κ2) is 9.75. The molecular formula is C25H26N4O5S2. The van der Waals surface area contributed by atoms with E-state index in [0.29, 0.717) is 17.0 Å². The van der Waals surface area contributed by atoms with Crippen molar-refractivity contribution < 1.29 is 21.4 Å². The molecule has 4 aromatic rings. The number of anilines is 2. The van der Waals surface area contributed by atoms with Crippen LogP contribution < -0.4 is 9.44 Å². The quantitative estimate of drug-likeness (QED) is 0.327. The Balaban J connectivity index is 1.66. The van der Waals surface area contributed by atoms with Crippen LogP contribution >= 0.6 is 0 Å². The van der Waals surface area contributed by atoms with Crippen LogP contribution in [0.5, 0.6) is 0 Å². The smallest absolute Gasteiger partial charge is 0.262 e. The third-order valence-electron chi connectivity index (χ3n) is 5.42. The maximum absolute atomic E-state index is 13.4. The third-order valence-corrected chi connectivity index (χ3v) is 8.31. The highest BCUT2D eigenvalue weighted by Crippen LogP contribution is 2.30. The summed E-state index contributed by atoms with van der Waals surface area (Å²) in [5.41, 5.74) is 2.07. The highest BCUT2D eigenvalue weighted by molar-refractivity contribution is 7.93. The van der Waals surface area contributed by atoms with Gasteiger partial charge in [0.1, 0.15) is 0 Å². The number of sulfonamides is 2. The van der Waals surface area contributed by atoms with Gasteiger partial charge in [0.25, 0.3) is 20.0 Å². The van der Waals surface area contributed by atoms with Crippen molar-refractivity contribution in [2.75, 3.05) is 9.44 Å². The molecule has 0 aliphatic rings. The van der Waals surface area contributed by atoms with Gasteiger partial charge >= 0.3 is 0 Å². The number of aryl methyl sites for hydroxylation is 2. The van der Waals surface area contributed by atoms with E-state index < -0.39 is 20.0 Å². The molecule has 1 heterocycles. The van der Waals surface area contributed by atoms with Gasteiger partial charge in [0.2, 0.25) is 11.7 Å². The van der Waals surface area contributed by atoms with Crippen molar-refractivity contribution in [1.29, 1.82) is 0 Å². The number of rotatable bonds is 8. The SMILES string of the molecule is Cc1ccc(S(=O)(=O)Nc2ccccc2NS(=O)(=O)c2cc(-c3noc(C(C)C)n3)ccc2C)cc1. The first-order valence-corrected chi connectivity index (χ1v) is 14.1. The van der Waals surface area contributed by atoms with Crippen LogP contribution in [0.1, 0.15) is 36.8 Å². The number of hydrogen-bond acceptors (Lipinski definition) is 7. The summed E-state index contributed by atoms with van der Waals surface area (Å²) in [6.07, 6.45) is 0. The molecule has 0 saturated carbocycles. The molecule has 188 valence electrons. The number of aromatic nitrogens is 2. The van der Waals surface area contributed by atoms with E-state index >= 15 is 0 Å². The molecule has 36 heavy (non-hydrogen) atoms. The molecule has 2 N–H and O–H groups in total. The Labute approximate surface area is 210 Å². The maximum Gasteiger partial charge on any atom is 0.262 e. The maximum atomic E-state index is 13.4. The predicted molar refractivity (Wildman–Crippen MR) is 138 cm³/mol. The molecule has 0 amide bonds. The van der Waals surface area contributed by atoms with Gasteiger partial charge in [-0.05, 0) is 49.7 Å². The van der Waals surface area contributed by atoms with Gasteiger partial charge in [-0.25, -0.2) is 16.8 Å². The Bertz CT molecular complexity index is 1610. The van der Waals surface area contributed by atoms with E-state index in [4.69, 9.17) is 4.52 Å². The zero-order valence-corrected chi connectivity index (χ0v) is 21.8. The van der Waals surface area contributed by atoms with Gasteiger partial charge in [-0.2, -0.15) is 4.98 Å². The lowest BCUT2D eigenvalue weighted by molar-refractivity contribution is 0.365. The van der Waals surface area contributed by atoms with E-state index in [9.17, 15) is 16.8 Å². The lowest BCUT2D eigenvalue weighted by Crippen LogP contribution is -2.18. The standard InChI is InChI=1S/C25H26N4O5S2/c1-16(2)25-26-24(27-34-25)19-12-11-18(4)23(15-19)36(32,33)29-22-8-6-5-7-21(22)28-35(30,31)20-13-9-17(3)10-14-20/h5-16,28-29H,1-4H3. The Morgan fingerprint density at radius 1 is 0.806 bits per heavy atom. The number of nitrogens with zero attached hydrogens (tertiary/aromatic N) is 2. The molecule has 9 nitrogen and oxygen atoms in total. The average molecular weight is 527 g/mol. The number of para-hydroxylation sites is 2. The summed E-state index contributed by atoms with van der Waals surface area (Å²) < 4.78 is 62.8. The predicted octanol–water partition coefficient (Wildman–Crippen LogP) is 5.08. The van der Waals surface area contributed by atoms with Crippen LogP contribution in [0.3, 0.4) is 0 Å². The molecule has 0 atom stereocenters. The van der Waals surface area contributed by atoms with Gasteiger partial charge in [-0.1, -0.05) is 61.0 Å². The minimum atomic E-state index is -4.10. The summed E-state index contributed by atoms with van der Waals surface area (Å²) in [4.78, 5) is 4.41. The van der Waals surface area contributed by atoms with Crippen molar-refractivity contribution in [2.24, 2.45) is 0 Å². The van der Waals surface area contributed by atoms with Gasteiger partial charge < -0.3 is 4.52 Å². The lowest BCUT2D eigenvalue weighted by Gasteiger charge is -2.16. The normalized spacial score (nSPS) is 12.0. The van der Waals surface area contributed by atoms with Gasteiger partial charge in [0.05, 0.1) is 21.2 Å². The van der Waals surface area contributed by atoms with Gasteiger partial charge in [-0.3, -0.25) is 9.44 Å². The summed E-state index contributed by atoms with van der Waals surface area (Å²) in [6.45, 7) is 7.35. The number of nitrogens with one attached hydrogen (secondary N) is 2. The Hall–Kier alpha value is -3.70. The molecule has 0 aliphatic heterocycles. The van der Waals surface area contributed by atoms with E-state index in [-0.39, 0.29) is 32.9 Å². The lowest BCUT2D eigenvalue weighted by atomic mass is 10.1. The second-order valence-corrected chi connectivity index (χ2v) is 12.0. The fraction of sp³-hybridized carbons (Fsp3) is 0.200. The topological polar surface area (TPSA) is 131 Å². The van der Waals surface area contributed by atoms with Crippen molar-refractivity contribution in [3.8, 4) is 11.4 Å². The molecule has 0 fully saturated rings. The molecule has 3 aromatic carbocycles. The molecule has 0 spiro atoms. The summed E-state index contributed by atoms with van der Waals surface area (Å²) in [7, 11) is -8.04.